The van der Waals surface area contributed by atoms with Crippen molar-refractivity contribution in [2.45, 2.75) is 22.8 Å². The molecule has 0 fully saturated rings. The summed E-state index contributed by atoms with van der Waals surface area (Å²) in [6, 6.07) is 38.1. The van der Waals surface area contributed by atoms with E-state index in [4.69, 9.17) is 9.84 Å². The first-order chi connectivity index (χ1) is 18.1. The highest BCUT2D eigenvalue weighted by molar-refractivity contribution is 8.27. The third kappa shape index (κ3) is 3.78. The number of carbonyl (C=O) groups is 1. The van der Waals surface area contributed by atoms with E-state index in [0.717, 1.165) is 11.3 Å². The van der Waals surface area contributed by atoms with Gasteiger partial charge < -0.3 is 4.74 Å². The average Bonchev–Trinajstić information content (AvgIpc) is 3.48. The third-order valence-electron chi connectivity index (χ3n) is 6.73. The van der Waals surface area contributed by atoms with E-state index < -0.39 is 14.9 Å². The molecular weight excluding hydrogens is 496 g/mol. The van der Waals surface area contributed by atoms with Gasteiger partial charge in [-0.15, -0.1) is 0 Å². The average molecular weight is 523 g/mol. The molecule has 0 N–H and O–H groups in total. The summed E-state index contributed by atoms with van der Waals surface area (Å²) in [5.74, 6) is -0.392. The van der Waals surface area contributed by atoms with Gasteiger partial charge in [0.1, 0.15) is 0 Å². The highest BCUT2D eigenvalue weighted by Crippen LogP contribution is 2.70. The molecule has 1 atom stereocenters. The Kier molecular flexibility index (Phi) is 6.09. The molecule has 4 aromatic carbocycles. The van der Waals surface area contributed by atoms with Gasteiger partial charge in [-0.05, 0) is 42.7 Å². The maximum atomic E-state index is 13.0. The summed E-state index contributed by atoms with van der Waals surface area (Å²) in [6.45, 7) is 4.19. The molecule has 0 unspecified atom stereocenters. The molecule has 4 nitrogen and oxygen atoms in total. The quantitative estimate of drug-likeness (QED) is 0.258. The van der Waals surface area contributed by atoms with Gasteiger partial charge in [0, 0.05) is 5.56 Å². The van der Waals surface area contributed by atoms with Gasteiger partial charge in [-0.3, -0.25) is 0 Å². The van der Waals surface area contributed by atoms with Gasteiger partial charge in [0.05, 0.1) is 17.0 Å². The molecule has 0 aromatic heterocycles. The molecule has 2 aliphatic heterocycles. The fourth-order valence-corrected chi connectivity index (χ4v) is 8.66. The van der Waals surface area contributed by atoms with E-state index in [9.17, 15) is 4.79 Å². The molecule has 0 radical (unpaired) electrons. The Morgan fingerprint density at radius 2 is 1.38 bits per heavy atom. The minimum Gasteiger partial charge on any atom is -0.461 e. The Balaban J connectivity index is 1.62. The first kappa shape index (κ1) is 23.9. The number of hydrazone groups is 1. The highest BCUT2D eigenvalue weighted by Gasteiger charge is 2.61. The molecule has 6 heteroatoms. The Bertz CT molecular complexity index is 1430. The zero-order valence-electron chi connectivity index (χ0n) is 20.6. The van der Waals surface area contributed by atoms with Crippen molar-refractivity contribution in [3.8, 4) is 0 Å². The van der Waals surface area contributed by atoms with Crippen LogP contribution in [0.5, 0.6) is 0 Å². The van der Waals surface area contributed by atoms with Crippen LogP contribution in [0.2, 0.25) is 0 Å². The summed E-state index contributed by atoms with van der Waals surface area (Å²) in [7, 11) is 0. The summed E-state index contributed by atoms with van der Waals surface area (Å²) in [4.78, 5) is 13.0. The van der Waals surface area contributed by atoms with Crippen LogP contribution in [0, 0.1) is 6.92 Å². The van der Waals surface area contributed by atoms with Gasteiger partial charge in [-0.1, -0.05) is 126 Å². The standard InChI is InChI=1S/C31H26N2O2S2/c1-3-35-29(34)28-32-33(25-20-18-22(2)19-21-25)31(36-28)27-17-11-10-16-26(27)30(37-31,23-12-6-4-7-13-23)24-14-8-5-9-15-24/h4-21H,3H2,1-2H3/t31-/m0/s1. The van der Waals surface area contributed by atoms with Crippen LogP contribution in [0.4, 0.5) is 5.69 Å². The predicted molar refractivity (Wildman–Crippen MR) is 154 cm³/mol. The van der Waals surface area contributed by atoms with Gasteiger partial charge >= 0.3 is 5.97 Å². The van der Waals surface area contributed by atoms with Gasteiger partial charge in [0.2, 0.25) is 5.04 Å². The number of carbonyl (C=O) groups excluding carboxylic acids is 1. The summed E-state index contributed by atoms with van der Waals surface area (Å²) < 4.78 is 4.20. The van der Waals surface area contributed by atoms with Crippen LogP contribution in [0.1, 0.15) is 34.7 Å². The van der Waals surface area contributed by atoms with Gasteiger partial charge in [0.15, 0.2) is 4.20 Å². The molecular formula is C31H26N2O2S2. The second-order valence-electron chi connectivity index (χ2n) is 9.02. The van der Waals surface area contributed by atoms with E-state index in [0.29, 0.717) is 11.7 Å². The van der Waals surface area contributed by atoms with Crippen LogP contribution in [-0.4, -0.2) is 17.6 Å². The lowest BCUT2D eigenvalue weighted by Crippen LogP contribution is -2.34. The molecule has 0 saturated carbocycles. The molecule has 0 aliphatic carbocycles. The van der Waals surface area contributed by atoms with E-state index in [1.165, 1.54) is 34.0 Å². The zero-order chi connectivity index (χ0) is 25.5. The number of hydrogen-bond donors (Lipinski definition) is 0. The summed E-state index contributed by atoms with van der Waals surface area (Å²) >= 11 is 3.29. The summed E-state index contributed by atoms with van der Waals surface area (Å²) in [5, 5.41) is 7.29. The van der Waals surface area contributed by atoms with Crippen LogP contribution in [0.3, 0.4) is 0 Å². The largest absolute Gasteiger partial charge is 0.461 e. The number of aryl methyl sites for hydroxylation is 1. The molecule has 2 aliphatic rings. The number of fused-ring (bicyclic) bond motifs is 2. The van der Waals surface area contributed by atoms with Crippen molar-refractivity contribution in [2.24, 2.45) is 5.10 Å². The second-order valence-corrected chi connectivity index (χ2v) is 11.9. The van der Waals surface area contributed by atoms with E-state index in [2.05, 4.69) is 104 Å². The Labute approximate surface area is 225 Å². The number of ether oxygens (including phenoxy) is 1. The first-order valence-electron chi connectivity index (χ1n) is 12.3. The van der Waals surface area contributed by atoms with Gasteiger partial charge in [0.25, 0.3) is 0 Å². The van der Waals surface area contributed by atoms with E-state index in [-0.39, 0.29) is 0 Å². The highest BCUT2D eigenvalue weighted by atomic mass is 32.2. The number of nitrogens with zero attached hydrogens (tertiary/aromatic N) is 2. The van der Waals surface area contributed by atoms with Crippen molar-refractivity contribution >= 4 is 40.2 Å². The number of anilines is 1. The number of hydrogen-bond acceptors (Lipinski definition) is 6. The molecule has 1 spiro atoms. The second kappa shape index (κ2) is 9.43. The van der Waals surface area contributed by atoms with E-state index in [1.54, 1.807) is 0 Å². The minimum atomic E-state index is -0.709. The first-order valence-corrected chi connectivity index (χ1v) is 13.9. The van der Waals surface area contributed by atoms with Crippen LogP contribution >= 0.6 is 23.5 Å². The maximum Gasteiger partial charge on any atom is 0.365 e. The molecule has 6 rings (SSSR count). The van der Waals surface area contributed by atoms with Gasteiger partial charge in [-0.25, -0.2) is 9.80 Å². The van der Waals surface area contributed by atoms with E-state index in [1.807, 2.05) is 35.8 Å². The zero-order valence-corrected chi connectivity index (χ0v) is 22.3. The maximum absolute atomic E-state index is 13.0. The van der Waals surface area contributed by atoms with Crippen molar-refractivity contribution in [1.29, 1.82) is 0 Å². The Morgan fingerprint density at radius 1 is 0.811 bits per heavy atom. The van der Waals surface area contributed by atoms with Crippen LogP contribution in [0.25, 0.3) is 0 Å². The lowest BCUT2D eigenvalue weighted by Gasteiger charge is -2.37. The fraction of sp³-hybridized carbons (Fsp3) is 0.161. The van der Waals surface area contributed by atoms with Crippen molar-refractivity contribution < 1.29 is 9.53 Å². The molecule has 0 bridgehead atoms. The molecule has 4 aromatic rings. The summed E-state index contributed by atoms with van der Waals surface area (Å²) in [6.07, 6.45) is 0. The minimum absolute atomic E-state index is 0.303. The monoisotopic (exact) mass is 522 g/mol. The molecule has 2 heterocycles. The molecule has 0 saturated heterocycles. The van der Waals surface area contributed by atoms with Crippen molar-refractivity contribution in [2.75, 3.05) is 11.6 Å². The molecule has 37 heavy (non-hydrogen) atoms. The smallest absolute Gasteiger partial charge is 0.365 e. The summed E-state index contributed by atoms with van der Waals surface area (Å²) in [5.41, 5.74) is 6.79. The predicted octanol–water partition coefficient (Wildman–Crippen LogP) is 7.27. The van der Waals surface area contributed by atoms with E-state index >= 15 is 0 Å². The van der Waals surface area contributed by atoms with Crippen molar-refractivity contribution in [1.82, 2.24) is 0 Å². The number of thioether (sulfide) groups is 2. The Hall–Kier alpha value is -3.48. The van der Waals surface area contributed by atoms with Crippen molar-refractivity contribution in [3.05, 3.63) is 137 Å². The molecule has 0 amide bonds. The number of benzene rings is 4. The fourth-order valence-electron chi connectivity index (χ4n) is 5.10. The normalized spacial score (nSPS) is 19.5. The Morgan fingerprint density at radius 3 is 1.97 bits per heavy atom. The van der Waals surface area contributed by atoms with Crippen molar-refractivity contribution in [3.63, 3.8) is 0 Å². The van der Waals surface area contributed by atoms with Crippen LogP contribution in [0.15, 0.2) is 114 Å². The number of rotatable bonds is 5. The number of esters is 1. The lowest BCUT2D eigenvalue weighted by atomic mass is 9.82. The SMILES string of the molecule is CCOC(=O)C1=NN(c2ccc(C)cc2)[C@@]2(S1)SC(c1ccccc1)(c1ccccc1)c1ccccc12. The third-order valence-corrected chi connectivity index (χ3v) is 10.0. The van der Waals surface area contributed by atoms with Gasteiger partial charge in [-0.2, -0.15) is 5.10 Å². The topological polar surface area (TPSA) is 41.9 Å². The lowest BCUT2D eigenvalue weighted by molar-refractivity contribution is -0.134. The van der Waals surface area contributed by atoms with Crippen LogP contribution in [-0.2, 0) is 18.5 Å². The van der Waals surface area contributed by atoms with Crippen LogP contribution < -0.4 is 5.01 Å². The molecule has 184 valence electrons.